The molecule has 0 aromatic carbocycles. The van der Waals surface area contributed by atoms with E-state index in [0.29, 0.717) is 4.88 Å². The van der Waals surface area contributed by atoms with Crippen LogP contribution in [0.4, 0.5) is 0 Å². The summed E-state index contributed by atoms with van der Waals surface area (Å²) in [5, 5.41) is 9.52. The van der Waals surface area contributed by atoms with Crippen LogP contribution in [-0.2, 0) is 5.75 Å². The van der Waals surface area contributed by atoms with Crippen LogP contribution in [0.3, 0.4) is 0 Å². The third kappa shape index (κ3) is 3.79. The molecule has 0 saturated carbocycles. The molecule has 4 nitrogen and oxygen atoms in total. The zero-order chi connectivity index (χ0) is 12.1. The van der Waals surface area contributed by atoms with E-state index in [1.807, 2.05) is 13.0 Å². The molecule has 0 saturated heterocycles. The number of nitrogens with one attached hydrogen (secondary N) is 1. The van der Waals surface area contributed by atoms with Gasteiger partial charge in [0.2, 0.25) is 0 Å². The van der Waals surface area contributed by atoms with Crippen molar-refractivity contribution in [1.29, 1.82) is 0 Å². The fraction of sp³-hybridized carbons (Fsp3) is 0.500. The molecule has 2 atom stereocenters. The van der Waals surface area contributed by atoms with Crippen molar-refractivity contribution < 1.29 is 9.90 Å². The van der Waals surface area contributed by atoms with Crippen molar-refractivity contribution in [3.8, 4) is 0 Å². The first-order chi connectivity index (χ1) is 7.54. The van der Waals surface area contributed by atoms with Crippen molar-refractivity contribution >= 4 is 29.0 Å². The van der Waals surface area contributed by atoms with Gasteiger partial charge in [0.15, 0.2) is 0 Å². The molecule has 16 heavy (non-hydrogen) atoms. The molecule has 0 aliphatic rings. The van der Waals surface area contributed by atoms with Crippen molar-refractivity contribution in [3.63, 3.8) is 0 Å². The first-order valence-electron chi connectivity index (χ1n) is 4.94. The van der Waals surface area contributed by atoms with Crippen LogP contribution in [0.25, 0.3) is 0 Å². The topological polar surface area (TPSA) is 75.3 Å². The van der Waals surface area contributed by atoms with E-state index in [9.17, 15) is 9.90 Å². The Morgan fingerprint density at radius 1 is 1.62 bits per heavy atom. The van der Waals surface area contributed by atoms with Gasteiger partial charge in [-0.2, -0.15) is 11.8 Å². The van der Waals surface area contributed by atoms with Crippen LogP contribution in [0.15, 0.2) is 12.1 Å². The van der Waals surface area contributed by atoms with Gasteiger partial charge in [0, 0.05) is 15.9 Å². The molecule has 1 amide bonds. The highest BCUT2D eigenvalue weighted by Gasteiger charge is 2.11. The number of hydrogen-bond donors (Lipinski definition) is 3. The molecule has 2 unspecified atom stereocenters. The monoisotopic (exact) mass is 260 g/mol. The van der Waals surface area contributed by atoms with Crippen LogP contribution in [0, 0.1) is 0 Å². The summed E-state index contributed by atoms with van der Waals surface area (Å²) in [5.41, 5.74) is 2.10. The maximum Gasteiger partial charge on any atom is 0.275 e. The van der Waals surface area contributed by atoms with Crippen molar-refractivity contribution in [2.75, 3.05) is 0 Å². The number of nitrogen functional groups attached to an aromatic ring is 1. The summed E-state index contributed by atoms with van der Waals surface area (Å²) in [5.74, 6) is 5.58. The van der Waals surface area contributed by atoms with Gasteiger partial charge in [-0.25, -0.2) is 5.84 Å². The largest absolute Gasteiger partial charge is 0.392 e. The molecule has 0 spiro atoms. The van der Waals surface area contributed by atoms with E-state index < -0.39 is 0 Å². The molecule has 0 bridgehead atoms. The number of carbonyl (C=O) groups excluding carboxylic acids is 1. The Kier molecular flexibility index (Phi) is 5.27. The fourth-order valence-corrected chi connectivity index (χ4v) is 2.95. The van der Waals surface area contributed by atoms with Crippen molar-refractivity contribution in [3.05, 3.63) is 21.9 Å². The third-order valence-electron chi connectivity index (χ3n) is 2.18. The Morgan fingerprint density at radius 3 is 2.88 bits per heavy atom. The van der Waals surface area contributed by atoms with Gasteiger partial charge in [-0.3, -0.25) is 10.2 Å². The molecule has 0 radical (unpaired) electrons. The number of aliphatic hydroxyl groups excluding tert-OH is 1. The highest BCUT2D eigenvalue weighted by atomic mass is 32.2. The quantitative estimate of drug-likeness (QED) is 0.424. The molecule has 1 aromatic rings. The second-order valence-electron chi connectivity index (χ2n) is 3.50. The average Bonchev–Trinajstić information content (AvgIpc) is 2.73. The first-order valence-corrected chi connectivity index (χ1v) is 6.80. The number of aliphatic hydroxyl groups is 1. The predicted molar refractivity (Wildman–Crippen MR) is 68.4 cm³/mol. The number of hydrazine groups is 1. The third-order valence-corrected chi connectivity index (χ3v) is 4.85. The van der Waals surface area contributed by atoms with E-state index in [1.165, 1.54) is 11.3 Å². The number of nitrogens with two attached hydrogens (primary N) is 1. The van der Waals surface area contributed by atoms with E-state index >= 15 is 0 Å². The van der Waals surface area contributed by atoms with Crippen LogP contribution in [0.1, 0.15) is 28.4 Å². The Hall–Kier alpha value is -0.560. The van der Waals surface area contributed by atoms with Crippen molar-refractivity contribution in [2.45, 2.75) is 31.0 Å². The lowest BCUT2D eigenvalue weighted by Gasteiger charge is -2.12. The van der Waals surface area contributed by atoms with Crippen LogP contribution >= 0.6 is 23.1 Å². The van der Waals surface area contributed by atoms with E-state index in [2.05, 4.69) is 5.43 Å². The van der Waals surface area contributed by atoms with Gasteiger partial charge in [-0.05, 0) is 19.1 Å². The van der Waals surface area contributed by atoms with Crippen molar-refractivity contribution in [2.24, 2.45) is 5.84 Å². The zero-order valence-electron chi connectivity index (χ0n) is 9.27. The molecular weight excluding hydrogens is 244 g/mol. The summed E-state index contributed by atoms with van der Waals surface area (Å²) in [6.45, 7) is 3.76. The lowest BCUT2D eigenvalue weighted by Crippen LogP contribution is -2.29. The highest BCUT2D eigenvalue weighted by molar-refractivity contribution is 7.99. The van der Waals surface area contributed by atoms with E-state index in [0.717, 1.165) is 10.6 Å². The predicted octanol–water partition coefficient (Wildman–Crippen LogP) is 1.35. The van der Waals surface area contributed by atoms with Gasteiger partial charge in [0.25, 0.3) is 5.91 Å². The van der Waals surface area contributed by atoms with E-state index in [-0.39, 0.29) is 17.3 Å². The molecule has 0 aliphatic carbocycles. The summed E-state index contributed by atoms with van der Waals surface area (Å²) >= 11 is 3.09. The summed E-state index contributed by atoms with van der Waals surface area (Å²) in [4.78, 5) is 12.9. The van der Waals surface area contributed by atoms with Crippen LogP contribution in [0.5, 0.6) is 0 Å². The number of thiophene rings is 1. The molecule has 1 aromatic heterocycles. The molecule has 1 rings (SSSR count). The van der Waals surface area contributed by atoms with Gasteiger partial charge in [-0.1, -0.05) is 6.92 Å². The molecule has 90 valence electrons. The van der Waals surface area contributed by atoms with E-state index in [4.69, 9.17) is 5.84 Å². The normalized spacial score (nSPS) is 14.5. The lowest BCUT2D eigenvalue weighted by atomic mass is 10.3. The Bertz CT molecular complexity index is 352. The van der Waals surface area contributed by atoms with Gasteiger partial charge in [-0.15, -0.1) is 11.3 Å². The summed E-state index contributed by atoms with van der Waals surface area (Å²) < 4.78 is 0. The number of hydrogen-bond acceptors (Lipinski definition) is 5. The summed E-state index contributed by atoms with van der Waals surface area (Å²) in [6, 6.07) is 3.67. The maximum atomic E-state index is 11.2. The van der Waals surface area contributed by atoms with Gasteiger partial charge in [0.1, 0.15) is 0 Å². The minimum Gasteiger partial charge on any atom is -0.392 e. The van der Waals surface area contributed by atoms with Crippen LogP contribution < -0.4 is 11.3 Å². The van der Waals surface area contributed by atoms with Crippen LogP contribution in [0.2, 0.25) is 0 Å². The number of carbonyl (C=O) groups is 1. The molecule has 0 fully saturated rings. The molecular formula is C10H16N2O2S2. The lowest BCUT2D eigenvalue weighted by molar-refractivity contribution is 0.0957. The smallest absolute Gasteiger partial charge is 0.275 e. The zero-order valence-corrected chi connectivity index (χ0v) is 10.9. The Balaban J connectivity index is 2.49. The minimum atomic E-state index is -0.322. The number of thioether (sulfide) groups is 1. The molecule has 4 N–H and O–H groups in total. The standard InChI is InChI=1S/C10H16N2O2S2/c1-6(13)7(2)15-5-8-3-4-9(16-8)10(14)12-11/h3-4,6-7,13H,5,11H2,1-2H3,(H,12,14). The number of rotatable bonds is 5. The van der Waals surface area contributed by atoms with Gasteiger partial charge < -0.3 is 5.11 Å². The van der Waals surface area contributed by atoms with Crippen molar-refractivity contribution in [1.82, 2.24) is 5.43 Å². The second-order valence-corrected chi connectivity index (χ2v) is 6.03. The van der Waals surface area contributed by atoms with Gasteiger partial charge in [0.05, 0.1) is 11.0 Å². The SMILES string of the molecule is CC(O)C(C)SCc1ccc(C(=O)NN)s1. The first kappa shape index (κ1) is 13.5. The molecule has 0 aliphatic heterocycles. The minimum absolute atomic E-state index is 0.189. The molecule has 6 heteroatoms. The second kappa shape index (κ2) is 6.24. The summed E-state index contributed by atoms with van der Waals surface area (Å²) in [7, 11) is 0. The van der Waals surface area contributed by atoms with E-state index in [1.54, 1.807) is 24.8 Å². The Labute approximate surface area is 103 Å². The van der Waals surface area contributed by atoms with Crippen LogP contribution in [-0.4, -0.2) is 22.4 Å². The average molecular weight is 260 g/mol. The number of amides is 1. The Morgan fingerprint density at radius 2 is 2.31 bits per heavy atom. The highest BCUT2D eigenvalue weighted by Crippen LogP contribution is 2.25. The fourth-order valence-electron chi connectivity index (χ4n) is 1.00. The van der Waals surface area contributed by atoms with Gasteiger partial charge >= 0.3 is 0 Å². The molecule has 1 heterocycles. The summed E-state index contributed by atoms with van der Waals surface area (Å²) in [6.07, 6.45) is -0.322. The maximum absolute atomic E-state index is 11.2.